The number of hydrogen-bond donors (Lipinski definition) is 2. The van der Waals surface area contributed by atoms with Crippen LogP contribution in [0, 0.1) is 0 Å². The normalized spacial score (nSPS) is 19.7. The average molecular weight is 256 g/mol. The van der Waals surface area contributed by atoms with Gasteiger partial charge in [-0.2, -0.15) is 0 Å². The Balaban J connectivity index is 2.15. The van der Waals surface area contributed by atoms with Crippen LogP contribution >= 0.6 is 0 Å². The largest absolute Gasteiger partial charge is 0.376 e. The molecule has 6 heteroatoms. The zero-order valence-electron chi connectivity index (χ0n) is 11.5. The van der Waals surface area contributed by atoms with Gasteiger partial charge in [-0.3, -0.25) is 9.79 Å². The van der Waals surface area contributed by atoms with Crippen LogP contribution in [-0.2, 0) is 9.53 Å². The molecular weight excluding hydrogens is 232 g/mol. The van der Waals surface area contributed by atoms with Crippen molar-refractivity contribution in [3.05, 3.63) is 0 Å². The number of carbonyl (C=O) groups excluding carboxylic acids is 1. The minimum Gasteiger partial charge on any atom is -0.376 e. The Bertz CT molecular complexity index is 286. The van der Waals surface area contributed by atoms with Gasteiger partial charge in [-0.15, -0.1) is 0 Å². The second-order valence-electron chi connectivity index (χ2n) is 4.55. The second-order valence-corrected chi connectivity index (χ2v) is 4.55. The van der Waals surface area contributed by atoms with Gasteiger partial charge in [0, 0.05) is 47.3 Å². The minimum absolute atomic E-state index is 0.108. The van der Waals surface area contributed by atoms with Gasteiger partial charge in [0.2, 0.25) is 5.91 Å². The summed E-state index contributed by atoms with van der Waals surface area (Å²) in [5.74, 6) is 0.828. The second kappa shape index (κ2) is 7.92. The van der Waals surface area contributed by atoms with E-state index in [2.05, 4.69) is 15.6 Å². The summed E-state index contributed by atoms with van der Waals surface area (Å²) in [7, 11) is 5.23. The number of ether oxygens (including phenoxy) is 1. The lowest BCUT2D eigenvalue weighted by atomic mass is 10.2. The third-order valence-electron chi connectivity index (χ3n) is 2.87. The summed E-state index contributed by atoms with van der Waals surface area (Å²) in [5, 5.41) is 6.32. The Morgan fingerprint density at radius 1 is 1.44 bits per heavy atom. The van der Waals surface area contributed by atoms with Crippen LogP contribution in [0.25, 0.3) is 0 Å². The maximum Gasteiger partial charge on any atom is 0.223 e. The lowest BCUT2D eigenvalue weighted by Gasteiger charge is -2.15. The molecule has 1 fully saturated rings. The third-order valence-corrected chi connectivity index (χ3v) is 2.87. The van der Waals surface area contributed by atoms with Gasteiger partial charge in [-0.25, -0.2) is 0 Å². The van der Waals surface area contributed by atoms with Crippen molar-refractivity contribution in [2.75, 3.05) is 40.8 Å². The Morgan fingerprint density at radius 2 is 2.22 bits per heavy atom. The summed E-state index contributed by atoms with van der Waals surface area (Å²) in [5.41, 5.74) is 0. The fourth-order valence-electron chi connectivity index (χ4n) is 1.75. The molecule has 0 radical (unpaired) electrons. The summed E-state index contributed by atoms with van der Waals surface area (Å²) < 4.78 is 5.52. The first-order valence-corrected chi connectivity index (χ1v) is 6.39. The number of nitrogens with one attached hydrogen (secondary N) is 2. The Morgan fingerprint density at radius 3 is 2.78 bits per heavy atom. The highest BCUT2D eigenvalue weighted by atomic mass is 16.5. The SMILES string of the molecule is CN=C(NCCC(=O)N(C)C)NCC1CCCO1. The number of amides is 1. The van der Waals surface area contributed by atoms with Gasteiger partial charge in [0.1, 0.15) is 0 Å². The molecule has 1 aliphatic heterocycles. The number of nitrogens with zero attached hydrogens (tertiary/aromatic N) is 2. The van der Waals surface area contributed by atoms with Crippen molar-refractivity contribution < 1.29 is 9.53 Å². The van der Waals surface area contributed by atoms with E-state index >= 15 is 0 Å². The van der Waals surface area contributed by atoms with Gasteiger partial charge in [0.25, 0.3) is 0 Å². The first-order valence-electron chi connectivity index (χ1n) is 6.39. The van der Waals surface area contributed by atoms with Gasteiger partial charge in [-0.05, 0) is 12.8 Å². The van der Waals surface area contributed by atoms with Gasteiger partial charge >= 0.3 is 0 Å². The molecule has 1 atom stereocenters. The summed E-state index contributed by atoms with van der Waals surface area (Å²) in [6.45, 7) is 2.21. The topological polar surface area (TPSA) is 66.0 Å². The van der Waals surface area contributed by atoms with Crippen LogP contribution in [0.4, 0.5) is 0 Å². The molecule has 0 saturated carbocycles. The molecule has 104 valence electrons. The first kappa shape index (κ1) is 14.8. The Hall–Kier alpha value is -1.30. The molecule has 1 unspecified atom stereocenters. The molecule has 6 nitrogen and oxygen atoms in total. The lowest BCUT2D eigenvalue weighted by Crippen LogP contribution is -2.42. The molecule has 1 saturated heterocycles. The molecule has 2 N–H and O–H groups in total. The van der Waals surface area contributed by atoms with Crippen molar-refractivity contribution in [3.63, 3.8) is 0 Å². The van der Waals surface area contributed by atoms with Crippen molar-refractivity contribution >= 4 is 11.9 Å². The molecule has 18 heavy (non-hydrogen) atoms. The van der Waals surface area contributed by atoms with Crippen LogP contribution in [0.5, 0.6) is 0 Å². The number of rotatable bonds is 5. The molecule has 0 aromatic heterocycles. The zero-order chi connectivity index (χ0) is 13.4. The van der Waals surface area contributed by atoms with Crippen molar-refractivity contribution in [2.24, 2.45) is 4.99 Å². The quantitative estimate of drug-likeness (QED) is 0.528. The minimum atomic E-state index is 0.108. The van der Waals surface area contributed by atoms with Crippen molar-refractivity contribution in [2.45, 2.75) is 25.4 Å². The van der Waals surface area contributed by atoms with Crippen LogP contribution in [0.1, 0.15) is 19.3 Å². The number of carbonyl (C=O) groups is 1. The lowest BCUT2D eigenvalue weighted by molar-refractivity contribution is -0.128. The first-order chi connectivity index (χ1) is 8.63. The third kappa shape index (κ3) is 5.35. The van der Waals surface area contributed by atoms with Gasteiger partial charge in [0.05, 0.1) is 6.10 Å². The number of guanidine groups is 1. The molecule has 1 aliphatic rings. The molecule has 0 spiro atoms. The molecule has 0 aliphatic carbocycles. The van der Waals surface area contributed by atoms with Gasteiger partial charge < -0.3 is 20.3 Å². The molecule has 0 aromatic rings. The molecular formula is C12H24N4O2. The summed E-state index contributed by atoms with van der Waals surface area (Å²) in [6.07, 6.45) is 2.99. The maximum atomic E-state index is 11.4. The van der Waals surface area contributed by atoms with Crippen LogP contribution < -0.4 is 10.6 Å². The summed E-state index contributed by atoms with van der Waals surface area (Å²) in [4.78, 5) is 17.1. The summed E-state index contributed by atoms with van der Waals surface area (Å²) >= 11 is 0. The Labute approximate surface area is 109 Å². The predicted octanol–water partition coefficient (Wildman–Crippen LogP) is -0.191. The molecule has 1 rings (SSSR count). The van der Waals surface area contributed by atoms with E-state index in [0.29, 0.717) is 13.0 Å². The van der Waals surface area contributed by atoms with Crippen molar-refractivity contribution in [1.82, 2.24) is 15.5 Å². The van der Waals surface area contributed by atoms with Crippen molar-refractivity contribution in [3.8, 4) is 0 Å². The highest BCUT2D eigenvalue weighted by Gasteiger charge is 2.15. The number of hydrogen-bond acceptors (Lipinski definition) is 3. The zero-order valence-corrected chi connectivity index (χ0v) is 11.5. The molecule has 1 amide bonds. The molecule has 0 bridgehead atoms. The maximum absolute atomic E-state index is 11.4. The number of aliphatic imine (C=N–C) groups is 1. The van der Waals surface area contributed by atoms with Crippen LogP contribution in [-0.4, -0.2) is 63.7 Å². The summed E-state index contributed by atoms with van der Waals surface area (Å²) in [6, 6.07) is 0. The smallest absolute Gasteiger partial charge is 0.223 e. The Kier molecular flexibility index (Phi) is 6.49. The van der Waals surface area contributed by atoms with E-state index in [-0.39, 0.29) is 12.0 Å². The highest BCUT2D eigenvalue weighted by molar-refractivity contribution is 5.81. The van der Waals surface area contributed by atoms with E-state index in [1.54, 1.807) is 26.0 Å². The van der Waals surface area contributed by atoms with Gasteiger partial charge in [0.15, 0.2) is 5.96 Å². The highest BCUT2D eigenvalue weighted by Crippen LogP contribution is 2.10. The fraction of sp³-hybridized carbons (Fsp3) is 0.833. The monoisotopic (exact) mass is 256 g/mol. The predicted molar refractivity (Wildman–Crippen MR) is 71.6 cm³/mol. The van der Waals surface area contributed by atoms with E-state index in [1.165, 1.54) is 0 Å². The average Bonchev–Trinajstić information content (AvgIpc) is 2.86. The van der Waals surface area contributed by atoms with Crippen LogP contribution in [0.3, 0.4) is 0 Å². The van der Waals surface area contributed by atoms with E-state index in [0.717, 1.165) is 32.0 Å². The standard InChI is InChI=1S/C12H24N4O2/c1-13-12(14-7-6-11(17)16(2)3)15-9-10-5-4-8-18-10/h10H,4-9H2,1-3H3,(H2,13,14,15). The van der Waals surface area contributed by atoms with Crippen LogP contribution in [0.15, 0.2) is 4.99 Å². The van der Waals surface area contributed by atoms with E-state index in [1.807, 2.05) is 0 Å². The van der Waals surface area contributed by atoms with E-state index in [4.69, 9.17) is 4.74 Å². The van der Waals surface area contributed by atoms with Gasteiger partial charge in [-0.1, -0.05) is 0 Å². The van der Waals surface area contributed by atoms with E-state index < -0.39 is 0 Å². The van der Waals surface area contributed by atoms with E-state index in [9.17, 15) is 4.79 Å². The fourth-order valence-corrected chi connectivity index (χ4v) is 1.75. The van der Waals surface area contributed by atoms with Crippen LogP contribution in [0.2, 0.25) is 0 Å². The molecule has 1 heterocycles. The van der Waals surface area contributed by atoms with Crippen molar-refractivity contribution in [1.29, 1.82) is 0 Å². The molecule has 0 aromatic carbocycles.